The molecule has 0 aliphatic carbocycles. The lowest BCUT2D eigenvalue weighted by atomic mass is 10.2. The molecule has 0 aliphatic rings. The fraction of sp³-hybridized carbons (Fsp3) is 0.257. The summed E-state index contributed by atoms with van der Waals surface area (Å²) in [7, 11) is -3.81. The van der Waals surface area contributed by atoms with Gasteiger partial charge in [0.25, 0.3) is 0 Å². The summed E-state index contributed by atoms with van der Waals surface area (Å²) in [5.41, 5.74) is 10.4. The van der Waals surface area contributed by atoms with Gasteiger partial charge in [-0.2, -0.15) is 10.2 Å². The number of carbonyl (C=O) groups excluding carboxylic acids is 2. The Balaban J connectivity index is 0.000000330. The minimum atomic E-state index is -3.67. The minimum absolute atomic E-state index is 0.0487. The first-order valence-corrected chi connectivity index (χ1v) is 22.2. The van der Waals surface area contributed by atoms with Crippen molar-refractivity contribution in [3.63, 3.8) is 0 Å². The third kappa shape index (κ3) is 16.9. The van der Waals surface area contributed by atoms with Crippen LogP contribution in [0.1, 0.15) is 18.1 Å². The average molecular weight is 942 g/mol. The third-order valence-corrected chi connectivity index (χ3v) is 11.9. The summed E-state index contributed by atoms with van der Waals surface area (Å²) in [6.07, 6.45) is 0. The number of amides is 3. The number of benzene rings is 4. The lowest BCUT2D eigenvalue weighted by molar-refractivity contribution is -0.434. The van der Waals surface area contributed by atoms with Gasteiger partial charge in [0.2, 0.25) is 5.91 Å². The molecule has 336 valence electrons. The first-order valence-electron chi connectivity index (χ1n) is 17.5. The van der Waals surface area contributed by atoms with Crippen molar-refractivity contribution in [1.29, 1.82) is 0 Å². The SMILES string of the molecule is CNc1ccc(N=Nc2cc(S(=O)(=O)CCOSOOO)ccc2C)c(NC(C)=O)c1.CNc1ccc(N=Nc2ccc(S(=O)(=O)CCOSOOO)cc2C)c(NC(N)=O)c1. The largest absolute Gasteiger partial charge is 0.388 e. The molecule has 4 rings (SSSR count). The first kappa shape index (κ1) is 51.1. The first-order chi connectivity index (χ1) is 29.5. The van der Waals surface area contributed by atoms with Crippen LogP contribution in [-0.2, 0) is 51.6 Å². The van der Waals surface area contributed by atoms with E-state index in [0.717, 1.165) is 16.9 Å². The highest BCUT2D eigenvalue weighted by atomic mass is 32.2. The van der Waals surface area contributed by atoms with Crippen molar-refractivity contribution in [2.45, 2.75) is 30.6 Å². The number of hydrogen-bond donors (Lipinski definition) is 7. The summed E-state index contributed by atoms with van der Waals surface area (Å²) in [5, 5.41) is 50.4. The summed E-state index contributed by atoms with van der Waals surface area (Å²) < 4.78 is 67.4. The zero-order valence-electron chi connectivity index (χ0n) is 33.5. The molecule has 8 N–H and O–H groups in total. The predicted molar refractivity (Wildman–Crippen MR) is 231 cm³/mol. The molecule has 62 heavy (non-hydrogen) atoms. The van der Waals surface area contributed by atoms with Gasteiger partial charge in [0.15, 0.2) is 44.3 Å². The van der Waals surface area contributed by atoms with Crippen LogP contribution in [0.4, 0.5) is 50.3 Å². The number of hydrogen-bond acceptors (Lipinski definition) is 22. The molecule has 27 heteroatoms. The van der Waals surface area contributed by atoms with Gasteiger partial charge < -0.3 is 27.0 Å². The maximum absolute atomic E-state index is 12.5. The number of urea groups is 1. The number of sulfone groups is 2. The van der Waals surface area contributed by atoms with Crippen molar-refractivity contribution < 1.29 is 64.0 Å². The van der Waals surface area contributed by atoms with Crippen LogP contribution in [0, 0.1) is 13.8 Å². The fourth-order valence-electron chi connectivity index (χ4n) is 4.77. The summed E-state index contributed by atoms with van der Waals surface area (Å²) >= 11 is 0.608. The number of rotatable bonds is 22. The standard InChI is InChI=1S/C18H22N4O7S2.C17H21N5O7S2/c1-12-4-6-15(31(25,26)9-8-27-30-29-28-24)11-17(12)22-21-16-7-5-14(19-3)10-18(16)20-13(2)23;1-11-9-13(31(25,26)8-7-27-30-29-28-24)4-6-14(11)21-22-15-5-3-12(19-2)10-16(15)20-17(18)23/h4-7,10-11,19,24H,8-9H2,1-3H3,(H,20,23);3-6,9-10,19,24H,7-8H2,1-2H3,(H3,18,20,23). The molecule has 4 aromatic rings. The molecule has 0 bridgehead atoms. The normalized spacial score (nSPS) is 11.6. The molecule has 0 saturated carbocycles. The highest BCUT2D eigenvalue weighted by molar-refractivity contribution is 7.92. The van der Waals surface area contributed by atoms with Crippen LogP contribution in [0.2, 0.25) is 0 Å². The molecule has 0 aliphatic heterocycles. The third-order valence-electron chi connectivity index (χ3n) is 7.82. The summed E-state index contributed by atoms with van der Waals surface area (Å²) in [6.45, 7) is 4.47. The molecular formula is C35H43N9O14S4. The van der Waals surface area contributed by atoms with Crippen LogP contribution in [0.3, 0.4) is 0 Å². The molecule has 0 radical (unpaired) electrons. The number of anilines is 4. The second kappa shape index (κ2) is 25.6. The Kier molecular flexibility index (Phi) is 21.1. The lowest BCUT2D eigenvalue weighted by Crippen LogP contribution is -2.19. The highest BCUT2D eigenvalue weighted by Crippen LogP contribution is 2.33. The monoisotopic (exact) mass is 941 g/mol. The number of nitrogens with zero attached hydrogens (tertiary/aromatic N) is 4. The van der Waals surface area contributed by atoms with E-state index in [1.165, 1.54) is 37.3 Å². The van der Waals surface area contributed by atoms with Gasteiger partial charge in [-0.3, -0.25) is 13.2 Å². The fourth-order valence-corrected chi connectivity index (χ4v) is 7.69. The van der Waals surface area contributed by atoms with Crippen molar-refractivity contribution in [3.8, 4) is 0 Å². The van der Waals surface area contributed by atoms with Gasteiger partial charge in [-0.1, -0.05) is 16.1 Å². The van der Waals surface area contributed by atoms with Crippen LogP contribution in [0.15, 0.2) is 103 Å². The van der Waals surface area contributed by atoms with Gasteiger partial charge in [0, 0.05) is 32.4 Å². The Bertz CT molecular complexity index is 2430. The van der Waals surface area contributed by atoms with E-state index in [4.69, 9.17) is 24.6 Å². The van der Waals surface area contributed by atoms with Crippen molar-refractivity contribution >= 4 is 102 Å². The number of carbonyl (C=O) groups is 2. The summed E-state index contributed by atoms with van der Waals surface area (Å²) in [5.74, 6) is -0.896. The van der Waals surface area contributed by atoms with E-state index in [1.807, 2.05) is 0 Å². The maximum atomic E-state index is 12.5. The van der Waals surface area contributed by atoms with Crippen molar-refractivity contribution in [3.05, 3.63) is 83.9 Å². The van der Waals surface area contributed by atoms with Crippen LogP contribution in [-0.4, -0.2) is 78.1 Å². The Morgan fingerprint density at radius 1 is 0.629 bits per heavy atom. The Morgan fingerprint density at radius 2 is 1.08 bits per heavy atom. The van der Waals surface area contributed by atoms with Gasteiger partial charge in [-0.15, -0.1) is 18.9 Å². The molecule has 0 atom stereocenters. The quantitative estimate of drug-likeness (QED) is 0.0129. The molecule has 0 spiro atoms. The second-order valence-corrected chi connectivity index (χ2v) is 17.4. The van der Waals surface area contributed by atoms with Gasteiger partial charge in [0.05, 0.1) is 57.3 Å². The Hall–Kier alpha value is -5.30. The maximum Gasteiger partial charge on any atom is 0.316 e. The molecule has 0 heterocycles. The molecule has 0 aromatic heterocycles. The Morgan fingerprint density at radius 3 is 1.55 bits per heavy atom. The highest BCUT2D eigenvalue weighted by Gasteiger charge is 2.18. The van der Waals surface area contributed by atoms with Crippen LogP contribution in [0.5, 0.6) is 0 Å². The Labute approximate surface area is 365 Å². The van der Waals surface area contributed by atoms with E-state index in [1.54, 1.807) is 70.4 Å². The average Bonchev–Trinajstić information content (AvgIpc) is 3.23. The predicted octanol–water partition coefficient (Wildman–Crippen LogP) is 7.90. The van der Waals surface area contributed by atoms with Gasteiger partial charge in [-0.25, -0.2) is 32.1 Å². The number of aryl methyl sites for hydroxylation is 2. The second-order valence-electron chi connectivity index (χ2n) is 12.1. The molecule has 4 aromatic carbocycles. The molecule has 3 amide bonds. The van der Waals surface area contributed by atoms with Crippen molar-refractivity contribution in [2.75, 3.05) is 60.1 Å². The minimum Gasteiger partial charge on any atom is -0.388 e. The number of primary amides is 1. The van der Waals surface area contributed by atoms with E-state index in [0.29, 0.717) is 64.3 Å². The summed E-state index contributed by atoms with van der Waals surface area (Å²) in [4.78, 5) is 22.9. The molecule has 23 nitrogen and oxygen atoms in total. The van der Waals surface area contributed by atoms with Crippen LogP contribution >= 0.6 is 24.6 Å². The lowest BCUT2D eigenvalue weighted by Gasteiger charge is -2.09. The zero-order chi connectivity index (χ0) is 45.7. The van der Waals surface area contributed by atoms with Crippen LogP contribution in [0.25, 0.3) is 0 Å². The molecule has 0 saturated heterocycles. The van der Waals surface area contributed by atoms with Gasteiger partial charge in [-0.05, 0) is 91.7 Å². The van der Waals surface area contributed by atoms with E-state index < -0.39 is 25.7 Å². The van der Waals surface area contributed by atoms with Gasteiger partial charge >= 0.3 is 6.03 Å². The number of azo groups is 2. The van der Waals surface area contributed by atoms with Gasteiger partial charge in [0.1, 0.15) is 11.4 Å². The molecular weight excluding hydrogens is 899 g/mol. The van der Waals surface area contributed by atoms with Crippen molar-refractivity contribution in [2.24, 2.45) is 26.2 Å². The van der Waals surface area contributed by atoms with Crippen molar-refractivity contribution in [1.82, 2.24) is 0 Å². The topological polar surface area (TPSA) is 322 Å². The number of nitrogens with one attached hydrogen (secondary N) is 4. The molecule has 0 unspecified atom stereocenters. The van der Waals surface area contributed by atoms with E-state index in [9.17, 15) is 26.4 Å². The zero-order valence-corrected chi connectivity index (χ0v) is 36.8. The molecule has 0 fully saturated rings. The summed E-state index contributed by atoms with van der Waals surface area (Å²) in [6, 6.07) is 18.4. The van der Waals surface area contributed by atoms with E-state index >= 15 is 0 Å². The van der Waals surface area contributed by atoms with E-state index in [-0.39, 0.29) is 40.4 Å². The smallest absolute Gasteiger partial charge is 0.316 e. The number of nitrogens with two attached hydrogens (primary N) is 1. The van der Waals surface area contributed by atoms with E-state index in [2.05, 4.69) is 60.5 Å². The van der Waals surface area contributed by atoms with Crippen LogP contribution < -0.4 is 27.0 Å².